The van der Waals surface area contributed by atoms with E-state index >= 15 is 0 Å². The highest BCUT2D eigenvalue weighted by molar-refractivity contribution is 7.80. The van der Waals surface area contributed by atoms with Crippen LogP contribution in [0.2, 0.25) is 0 Å². The Balaban J connectivity index is 2.56. The van der Waals surface area contributed by atoms with E-state index in [1.54, 1.807) is 0 Å². The van der Waals surface area contributed by atoms with Gasteiger partial charge in [-0.2, -0.15) is 0 Å². The third kappa shape index (κ3) is 4.73. The van der Waals surface area contributed by atoms with Gasteiger partial charge in [0.15, 0.2) is 5.11 Å². The Bertz CT molecular complexity index is 388. The fourth-order valence-electron chi connectivity index (χ4n) is 1.84. The van der Waals surface area contributed by atoms with Gasteiger partial charge in [0.05, 0.1) is 0 Å². The van der Waals surface area contributed by atoms with Crippen molar-refractivity contribution in [1.29, 1.82) is 0 Å². The van der Waals surface area contributed by atoms with Crippen LogP contribution < -0.4 is 10.6 Å². The van der Waals surface area contributed by atoms with Crippen molar-refractivity contribution < 1.29 is 0 Å². The quantitative estimate of drug-likeness (QED) is 0.795. The lowest BCUT2D eigenvalue weighted by atomic mass is 10.1. The number of nitrogens with one attached hydrogen (secondary N) is 2. The summed E-state index contributed by atoms with van der Waals surface area (Å²) >= 11 is 5.30. The lowest BCUT2D eigenvalue weighted by Gasteiger charge is -2.17. The average Bonchev–Trinajstić information content (AvgIpc) is 2.22. The third-order valence-electron chi connectivity index (χ3n) is 2.73. The number of hydrogen-bond acceptors (Lipinski definition) is 1. The molecule has 0 radical (unpaired) electrons. The number of aryl methyl sites for hydroxylation is 2. The molecule has 0 aliphatic rings. The second kappa shape index (κ2) is 6.60. The van der Waals surface area contributed by atoms with E-state index in [1.165, 1.54) is 17.5 Å². The summed E-state index contributed by atoms with van der Waals surface area (Å²) in [6, 6.07) is 6.74. The summed E-state index contributed by atoms with van der Waals surface area (Å²) in [5.74, 6) is 0. The summed E-state index contributed by atoms with van der Waals surface area (Å²) in [7, 11) is 0. The minimum absolute atomic E-state index is 0.422. The summed E-state index contributed by atoms with van der Waals surface area (Å²) in [6.07, 6.45) is 2.30. The van der Waals surface area contributed by atoms with Crippen LogP contribution in [0.4, 0.5) is 5.69 Å². The van der Waals surface area contributed by atoms with Crippen LogP contribution in [0.5, 0.6) is 0 Å². The molecule has 0 fully saturated rings. The second-order valence-corrected chi connectivity index (χ2v) is 5.01. The summed E-state index contributed by atoms with van der Waals surface area (Å²) in [5.41, 5.74) is 3.57. The number of benzene rings is 1. The summed E-state index contributed by atoms with van der Waals surface area (Å²) < 4.78 is 0. The minimum atomic E-state index is 0.422. The van der Waals surface area contributed by atoms with Crippen molar-refractivity contribution in [2.24, 2.45) is 0 Å². The first-order valence-electron chi connectivity index (χ1n) is 6.17. The first-order valence-corrected chi connectivity index (χ1v) is 6.58. The Morgan fingerprint density at radius 3 is 2.65 bits per heavy atom. The van der Waals surface area contributed by atoms with Gasteiger partial charge in [0.2, 0.25) is 0 Å². The smallest absolute Gasteiger partial charge is 0.170 e. The van der Waals surface area contributed by atoms with Crippen molar-refractivity contribution in [3.63, 3.8) is 0 Å². The summed E-state index contributed by atoms with van der Waals surface area (Å²) in [4.78, 5) is 0. The molecule has 0 aliphatic heterocycles. The van der Waals surface area contributed by atoms with Gasteiger partial charge in [-0.05, 0) is 51.0 Å². The SMILES string of the molecule is CCC[C@H](C)NC(=S)Nc1ccc(C)cc1C. The average molecular weight is 250 g/mol. The zero-order valence-electron chi connectivity index (χ0n) is 11.1. The topological polar surface area (TPSA) is 24.1 Å². The molecule has 17 heavy (non-hydrogen) atoms. The van der Waals surface area contributed by atoms with Gasteiger partial charge in [0, 0.05) is 11.7 Å². The van der Waals surface area contributed by atoms with Crippen molar-refractivity contribution in [3.8, 4) is 0 Å². The van der Waals surface area contributed by atoms with Gasteiger partial charge in [0.25, 0.3) is 0 Å². The Morgan fingerprint density at radius 1 is 1.35 bits per heavy atom. The molecule has 3 heteroatoms. The highest BCUT2D eigenvalue weighted by atomic mass is 32.1. The fraction of sp³-hybridized carbons (Fsp3) is 0.500. The minimum Gasteiger partial charge on any atom is -0.360 e. The van der Waals surface area contributed by atoms with E-state index in [2.05, 4.69) is 56.5 Å². The van der Waals surface area contributed by atoms with Gasteiger partial charge < -0.3 is 10.6 Å². The van der Waals surface area contributed by atoms with Gasteiger partial charge in [-0.15, -0.1) is 0 Å². The van der Waals surface area contributed by atoms with E-state index in [0.717, 1.165) is 12.1 Å². The second-order valence-electron chi connectivity index (χ2n) is 4.61. The van der Waals surface area contributed by atoms with Crippen LogP contribution in [0.1, 0.15) is 37.8 Å². The van der Waals surface area contributed by atoms with E-state index in [4.69, 9.17) is 12.2 Å². The van der Waals surface area contributed by atoms with Crippen LogP contribution in [0.15, 0.2) is 18.2 Å². The van der Waals surface area contributed by atoms with Gasteiger partial charge in [0.1, 0.15) is 0 Å². The van der Waals surface area contributed by atoms with Crippen molar-refractivity contribution >= 4 is 23.0 Å². The van der Waals surface area contributed by atoms with Crippen molar-refractivity contribution in [2.45, 2.75) is 46.6 Å². The molecular formula is C14H22N2S. The molecule has 1 aromatic carbocycles. The predicted molar refractivity (Wildman–Crippen MR) is 79.6 cm³/mol. The standard InChI is InChI=1S/C14H22N2S/c1-5-6-12(4)15-14(17)16-13-8-7-10(2)9-11(13)3/h7-9,12H,5-6H2,1-4H3,(H2,15,16,17)/t12-/m0/s1. The number of rotatable bonds is 4. The molecule has 1 rings (SSSR count). The highest BCUT2D eigenvalue weighted by Crippen LogP contribution is 2.15. The number of hydrogen-bond donors (Lipinski definition) is 2. The van der Waals surface area contributed by atoms with Crippen LogP contribution in [-0.4, -0.2) is 11.2 Å². The van der Waals surface area contributed by atoms with Gasteiger partial charge in [-0.3, -0.25) is 0 Å². The Hall–Kier alpha value is -1.09. The van der Waals surface area contributed by atoms with Gasteiger partial charge >= 0.3 is 0 Å². The lowest BCUT2D eigenvalue weighted by Crippen LogP contribution is -2.35. The van der Waals surface area contributed by atoms with E-state index < -0.39 is 0 Å². The maximum atomic E-state index is 5.30. The fourth-order valence-corrected chi connectivity index (χ4v) is 2.15. The zero-order chi connectivity index (χ0) is 12.8. The van der Waals surface area contributed by atoms with E-state index in [0.29, 0.717) is 11.2 Å². The summed E-state index contributed by atoms with van der Waals surface area (Å²) in [5, 5.41) is 7.24. The van der Waals surface area contributed by atoms with Crippen LogP contribution >= 0.6 is 12.2 Å². The van der Waals surface area contributed by atoms with Gasteiger partial charge in [-0.1, -0.05) is 31.0 Å². The molecule has 94 valence electrons. The predicted octanol–water partition coefficient (Wildman–Crippen LogP) is 3.78. The molecule has 0 aromatic heterocycles. The molecule has 0 aliphatic carbocycles. The van der Waals surface area contributed by atoms with E-state index in [1.807, 2.05) is 0 Å². The van der Waals surface area contributed by atoms with Crippen LogP contribution in [0.25, 0.3) is 0 Å². The molecule has 2 nitrogen and oxygen atoms in total. The Kier molecular flexibility index (Phi) is 5.42. The van der Waals surface area contributed by atoms with Gasteiger partial charge in [-0.25, -0.2) is 0 Å². The molecule has 1 atom stereocenters. The molecule has 0 heterocycles. The zero-order valence-corrected chi connectivity index (χ0v) is 11.9. The molecular weight excluding hydrogens is 228 g/mol. The maximum absolute atomic E-state index is 5.30. The first-order chi connectivity index (χ1) is 8.02. The van der Waals surface area contributed by atoms with Crippen molar-refractivity contribution in [1.82, 2.24) is 5.32 Å². The molecule has 0 amide bonds. The van der Waals surface area contributed by atoms with Crippen LogP contribution in [0, 0.1) is 13.8 Å². The summed E-state index contributed by atoms with van der Waals surface area (Å²) in [6.45, 7) is 8.52. The lowest BCUT2D eigenvalue weighted by molar-refractivity contribution is 0.599. The molecule has 1 aromatic rings. The van der Waals surface area contributed by atoms with Crippen LogP contribution in [0.3, 0.4) is 0 Å². The maximum Gasteiger partial charge on any atom is 0.170 e. The first kappa shape index (κ1) is 14.0. The molecule has 0 unspecified atom stereocenters. The number of thiocarbonyl (C=S) groups is 1. The molecule has 2 N–H and O–H groups in total. The molecule has 0 spiro atoms. The Morgan fingerprint density at radius 2 is 2.06 bits per heavy atom. The Labute approximate surface area is 110 Å². The van der Waals surface area contributed by atoms with Crippen molar-refractivity contribution in [3.05, 3.63) is 29.3 Å². The van der Waals surface area contributed by atoms with Crippen LogP contribution in [-0.2, 0) is 0 Å². The van der Waals surface area contributed by atoms with E-state index in [9.17, 15) is 0 Å². The molecule has 0 saturated carbocycles. The normalized spacial score (nSPS) is 12.0. The largest absolute Gasteiger partial charge is 0.360 e. The molecule has 0 bridgehead atoms. The molecule has 0 saturated heterocycles. The number of anilines is 1. The van der Waals surface area contributed by atoms with E-state index in [-0.39, 0.29) is 0 Å². The van der Waals surface area contributed by atoms with Crippen molar-refractivity contribution in [2.75, 3.05) is 5.32 Å². The third-order valence-corrected chi connectivity index (χ3v) is 2.95. The monoisotopic (exact) mass is 250 g/mol. The highest BCUT2D eigenvalue weighted by Gasteiger charge is 2.04.